The van der Waals surface area contributed by atoms with Crippen LogP contribution in [-0.4, -0.2) is 10.6 Å². The molecule has 0 saturated heterocycles. The van der Waals surface area contributed by atoms with Gasteiger partial charge in [0.1, 0.15) is 5.78 Å². The van der Waals surface area contributed by atoms with Crippen LogP contribution in [0.2, 0.25) is 0 Å². The molecular weight excluding hydrogens is 324 g/mol. The van der Waals surface area contributed by atoms with Crippen molar-refractivity contribution in [3.05, 3.63) is 0 Å². The Bertz CT molecular complexity index is 460. The average molecular weight is 353 g/mol. The van der Waals surface area contributed by atoms with Crippen molar-refractivity contribution >= 4 is 21.7 Å². The zero-order valence-electron chi connectivity index (χ0n) is 13.5. The van der Waals surface area contributed by atoms with Crippen LogP contribution in [0.4, 0.5) is 0 Å². The molecule has 7 unspecified atom stereocenters. The minimum atomic E-state index is 0.134. The largest absolute Gasteiger partial charge is 0.298 e. The topological polar surface area (TPSA) is 17.1 Å². The van der Waals surface area contributed by atoms with E-state index in [1.165, 1.54) is 44.9 Å². The summed E-state index contributed by atoms with van der Waals surface area (Å²) >= 11 is 3.68. The van der Waals surface area contributed by atoms with Gasteiger partial charge in [0.05, 0.1) is 4.83 Å². The van der Waals surface area contributed by atoms with Crippen molar-refractivity contribution in [1.82, 2.24) is 0 Å². The molecule has 0 N–H and O–H groups in total. The molecule has 4 saturated carbocycles. The molecule has 4 aliphatic carbocycles. The lowest BCUT2D eigenvalue weighted by molar-refractivity contribution is -0.136. The normalized spacial score (nSPS) is 56.5. The molecule has 21 heavy (non-hydrogen) atoms. The summed E-state index contributed by atoms with van der Waals surface area (Å²) in [4.78, 5) is 12.3. The van der Waals surface area contributed by atoms with Crippen molar-refractivity contribution in [2.45, 2.75) is 76.5 Å². The van der Waals surface area contributed by atoms with Gasteiger partial charge in [0.2, 0.25) is 0 Å². The second kappa shape index (κ2) is 4.82. The third-order valence-electron chi connectivity index (χ3n) is 8.26. The van der Waals surface area contributed by atoms with E-state index in [4.69, 9.17) is 0 Å². The minimum Gasteiger partial charge on any atom is -0.298 e. The molecule has 2 heteroatoms. The Hall–Kier alpha value is 0.150. The van der Waals surface area contributed by atoms with E-state index in [1.807, 2.05) is 0 Å². The molecule has 0 heterocycles. The van der Waals surface area contributed by atoms with Crippen molar-refractivity contribution < 1.29 is 4.79 Å². The highest BCUT2D eigenvalue weighted by atomic mass is 79.9. The molecule has 0 aromatic carbocycles. The SMILES string of the molecule is CC12CCCC1C1CCC3CC(=O)C(Br)CC3(C)C1CC2. The Labute approximate surface area is 137 Å². The maximum atomic E-state index is 12.1. The van der Waals surface area contributed by atoms with Crippen LogP contribution in [0, 0.1) is 34.5 Å². The van der Waals surface area contributed by atoms with Crippen molar-refractivity contribution in [2.24, 2.45) is 34.5 Å². The lowest BCUT2D eigenvalue weighted by Gasteiger charge is -2.60. The maximum Gasteiger partial charge on any atom is 0.146 e. The van der Waals surface area contributed by atoms with Crippen LogP contribution in [0.1, 0.15) is 71.6 Å². The van der Waals surface area contributed by atoms with Crippen LogP contribution in [0.3, 0.4) is 0 Å². The molecule has 4 aliphatic rings. The lowest BCUT2D eigenvalue weighted by Crippen LogP contribution is -2.54. The number of rotatable bonds is 0. The van der Waals surface area contributed by atoms with Gasteiger partial charge in [-0.05, 0) is 79.4 Å². The van der Waals surface area contributed by atoms with Gasteiger partial charge in [-0.25, -0.2) is 0 Å². The number of carbonyl (C=O) groups is 1. The summed E-state index contributed by atoms with van der Waals surface area (Å²) in [6, 6.07) is 0. The zero-order chi connectivity index (χ0) is 14.8. The molecule has 4 fully saturated rings. The van der Waals surface area contributed by atoms with E-state index in [1.54, 1.807) is 0 Å². The second-order valence-corrected chi connectivity index (χ2v) is 10.2. The quantitative estimate of drug-likeness (QED) is 0.536. The van der Waals surface area contributed by atoms with E-state index in [2.05, 4.69) is 29.8 Å². The van der Waals surface area contributed by atoms with Gasteiger partial charge >= 0.3 is 0 Å². The van der Waals surface area contributed by atoms with Crippen LogP contribution in [-0.2, 0) is 4.79 Å². The number of carbonyl (C=O) groups excluding carboxylic acids is 1. The van der Waals surface area contributed by atoms with Crippen LogP contribution in [0.5, 0.6) is 0 Å². The fraction of sp³-hybridized carbons (Fsp3) is 0.947. The number of halogens is 1. The molecule has 0 radical (unpaired) electrons. The number of hydrogen-bond acceptors (Lipinski definition) is 1. The van der Waals surface area contributed by atoms with Gasteiger partial charge in [-0.15, -0.1) is 0 Å². The van der Waals surface area contributed by atoms with Crippen molar-refractivity contribution in [3.63, 3.8) is 0 Å². The first-order chi connectivity index (χ1) is 9.94. The average Bonchev–Trinajstić information content (AvgIpc) is 2.82. The maximum absolute atomic E-state index is 12.1. The first kappa shape index (κ1) is 14.7. The van der Waals surface area contributed by atoms with Gasteiger partial charge in [-0.3, -0.25) is 4.79 Å². The molecule has 118 valence electrons. The summed E-state index contributed by atoms with van der Waals surface area (Å²) in [6.45, 7) is 5.11. The zero-order valence-corrected chi connectivity index (χ0v) is 15.1. The third kappa shape index (κ3) is 2.03. The number of Topliss-reactive ketones (excluding diaryl/α,β-unsaturated/α-hetero) is 1. The predicted molar refractivity (Wildman–Crippen MR) is 89.4 cm³/mol. The van der Waals surface area contributed by atoms with E-state index in [-0.39, 0.29) is 4.83 Å². The summed E-state index contributed by atoms with van der Waals surface area (Å²) in [5.41, 5.74) is 1.08. The fourth-order valence-corrected chi connectivity index (χ4v) is 7.94. The van der Waals surface area contributed by atoms with Crippen molar-refractivity contribution in [3.8, 4) is 0 Å². The van der Waals surface area contributed by atoms with Crippen LogP contribution < -0.4 is 0 Å². The second-order valence-electron chi connectivity index (χ2n) is 9.08. The Morgan fingerprint density at radius 3 is 2.67 bits per heavy atom. The molecule has 0 aromatic heterocycles. The molecule has 4 rings (SSSR count). The van der Waals surface area contributed by atoms with E-state index < -0.39 is 0 Å². The van der Waals surface area contributed by atoms with Gasteiger partial charge in [0.25, 0.3) is 0 Å². The molecule has 0 aliphatic heterocycles. The highest BCUT2D eigenvalue weighted by Gasteiger charge is 2.58. The predicted octanol–water partition coefficient (Wildman–Crippen LogP) is 5.36. The molecule has 1 nitrogen and oxygen atoms in total. The first-order valence-electron chi connectivity index (χ1n) is 9.11. The summed E-state index contributed by atoms with van der Waals surface area (Å²) in [5.74, 6) is 3.98. The Kier molecular flexibility index (Phi) is 3.38. The van der Waals surface area contributed by atoms with E-state index >= 15 is 0 Å². The van der Waals surface area contributed by atoms with Crippen LogP contribution >= 0.6 is 15.9 Å². The van der Waals surface area contributed by atoms with E-state index in [0.717, 1.165) is 30.6 Å². The molecule has 0 amide bonds. The van der Waals surface area contributed by atoms with Crippen LogP contribution in [0.25, 0.3) is 0 Å². The van der Waals surface area contributed by atoms with Gasteiger partial charge in [-0.2, -0.15) is 0 Å². The van der Waals surface area contributed by atoms with E-state index in [0.29, 0.717) is 22.5 Å². The third-order valence-corrected chi connectivity index (χ3v) is 9.10. The Balaban J connectivity index is 1.65. The first-order valence-corrected chi connectivity index (χ1v) is 10.0. The highest BCUT2D eigenvalue weighted by molar-refractivity contribution is 9.10. The molecule has 0 aromatic rings. The Morgan fingerprint density at radius 2 is 1.86 bits per heavy atom. The number of ketones is 1. The lowest BCUT2D eigenvalue weighted by atomic mass is 9.45. The van der Waals surface area contributed by atoms with Crippen molar-refractivity contribution in [1.29, 1.82) is 0 Å². The van der Waals surface area contributed by atoms with E-state index in [9.17, 15) is 4.79 Å². The van der Waals surface area contributed by atoms with Gasteiger partial charge in [-0.1, -0.05) is 36.2 Å². The van der Waals surface area contributed by atoms with Gasteiger partial charge < -0.3 is 0 Å². The fourth-order valence-electron chi connectivity index (χ4n) is 7.05. The number of fused-ring (bicyclic) bond motifs is 5. The van der Waals surface area contributed by atoms with Crippen LogP contribution in [0.15, 0.2) is 0 Å². The number of hydrogen-bond donors (Lipinski definition) is 0. The summed E-state index contributed by atoms with van der Waals surface area (Å²) < 4.78 is 0. The molecule has 7 atom stereocenters. The summed E-state index contributed by atoms with van der Waals surface area (Å²) in [5, 5.41) is 0. The molecule has 0 spiro atoms. The standard InChI is InChI=1S/C19H29BrO/c1-18-8-3-4-14(18)13-6-5-12-10-17(21)16(20)11-19(12,2)15(13)7-9-18/h12-16H,3-11H2,1-2H3. The Morgan fingerprint density at radius 1 is 1.05 bits per heavy atom. The summed E-state index contributed by atoms with van der Waals surface area (Å²) in [6.07, 6.45) is 12.0. The van der Waals surface area contributed by atoms with Crippen molar-refractivity contribution in [2.75, 3.05) is 0 Å². The highest BCUT2D eigenvalue weighted by Crippen LogP contribution is 2.66. The molecular formula is C19H29BrO. The minimum absolute atomic E-state index is 0.134. The van der Waals surface area contributed by atoms with Gasteiger partial charge in [0, 0.05) is 6.42 Å². The van der Waals surface area contributed by atoms with Gasteiger partial charge in [0.15, 0.2) is 0 Å². The monoisotopic (exact) mass is 352 g/mol. The summed E-state index contributed by atoms with van der Waals surface area (Å²) in [7, 11) is 0. The number of alkyl halides is 1. The smallest absolute Gasteiger partial charge is 0.146 e. The molecule has 0 bridgehead atoms.